The molecule has 0 atom stereocenters. The van der Waals surface area contributed by atoms with E-state index in [1.807, 2.05) is 28.8 Å². The molecular formula is C11H7IN4. The zero-order valence-electron chi connectivity index (χ0n) is 8.21. The van der Waals surface area contributed by atoms with Gasteiger partial charge in [0.1, 0.15) is 12.7 Å². The molecule has 16 heavy (non-hydrogen) atoms. The summed E-state index contributed by atoms with van der Waals surface area (Å²) in [7, 11) is 0. The Morgan fingerprint density at radius 3 is 2.88 bits per heavy atom. The van der Waals surface area contributed by atoms with Crippen LogP contribution in [-0.4, -0.2) is 19.5 Å². The average Bonchev–Trinajstić information content (AvgIpc) is 2.74. The molecule has 5 heteroatoms. The second kappa shape index (κ2) is 3.82. The Bertz CT molecular complexity index is 647. The van der Waals surface area contributed by atoms with Crippen LogP contribution < -0.4 is 0 Å². The fourth-order valence-corrected chi connectivity index (χ4v) is 2.17. The maximum atomic E-state index is 4.34. The molecule has 0 radical (unpaired) electrons. The molecule has 0 saturated carbocycles. The van der Waals surface area contributed by atoms with Gasteiger partial charge in [-0.3, -0.25) is 4.57 Å². The molecule has 0 unspecified atom stereocenters. The molecule has 3 aromatic rings. The molecule has 0 fully saturated rings. The highest BCUT2D eigenvalue weighted by Crippen LogP contribution is 2.19. The summed E-state index contributed by atoms with van der Waals surface area (Å²) >= 11 is 2.22. The molecule has 4 nitrogen and oxygen atoms in total. The number of fused-ring (bicyclic) bond motifs is 1. The van der Waals surface area contributed by atoms with Crippen LogP contribution in [0.25, 0.3) is 16.9 Å². The highest BCUT2D eigenvalue weighted by molar-refractivity contribution is 14.1. The molecule has 0 aliphatic carbocycles. The minimum atomic E-state index is 0.865. The van der Waals surface area contributed by atoms with Gasteiger partial charge in [-0.25, -0.2) is 15.0 Å². The number of hydrogen-bond donors (Lipinski definition) is 0. The van der Waals surface area contributed by atoms with E-state index in [1.165, 1.54) is 0 Å². The van der Waals surface area contributed by atoms with Crippen molar-refractivity contribution < 1.29 is 0 Å². The highest BCUT2D eigenvalue weighted by Gasteiger charge is 2.07. The van der Waals surface area contributed by atoms with Crippen LogP contribution >= 0.6 is 22.6 Å². The molecule has 3 rings (SSSR count). The summed E-state index contributed by atoms with van der Waals surface area (Å²) in [5.41, 5.74) is 2.02. The van der Waals surface area contributed by atoms with Crippen LogP contribution in [0.2, 0.25) is 0 Å². The molecule has 0 aliphatic heterocycles. The summed E-state index contributed by atoms with van der Waals surface area (Å²) < 4.78 is 2.97. The smallest absolute Gasteiger partial charge is 0.155 e. The van der Waals surface area contributed by atoms with E-state index in [9.17, 15) is 0 Å². The molecule has 2 heterocycles. The third kappa shape index (κ3) is 1.47. The van der Waals surface area contributed by atoms with Gasteiger partial charge >= 0.3 is 0 Å². The third-order valence-corrected chi connectivity index (χ3v) is 3.09. The molecule has 78 valence electrons. The largest absolute Gasteiger partial charge is 0.282 e. The minimum Gasteiger partial charge on any atom is -0.282 e. The fraction of sp³-hybridized carbons (Fsp3) is 0. The molecule has 1 aromatic carbocycles. The minimum absolute atomic E-state index is 0.865. The van der Waals surface area contributed by atoms with Crippen LogP contribution in [0.15, 0.2) is 43.1 Å². The summed E-state index contributed by atoms with van der Waals surface area (Å²) in [6, 6.07) is 7.99. The first kappa shape index (κ1) is 9.71. The quantitative estimate of drug-likeness (QED) is 0.646. The van der Waals surface area contributed by atoms with Crippen LogP contribution in [0.1, 0.15) is 0 Å². The van der Waals surface area contributed by atoms with E-state index in [0.717, 1.165) is 20.4 Å². The Balaban J connectivity index is 2.31. The fourth-order valence-electron chi connectivity index (χ4n) is 1.61. The number of nitrogens with zero attached hydrogens (tertiary/aromatic N) is 4. The average molecular weight is 322 g/mol. The van der Waals surface area contributed by atoms with Crippen molar-refractivity contribution in [3.05, 3.63) is 46.7 Å². The summed E-state index contributed by atoms with van der Waals surface area (Å²) in [5, 5.41) is 0. The Kier molecular flexibility index (Phi) is 2.32. The lowest BCUT2D eigenvalue weighted by atomic mass is 10.3. The van der Waals surface area contributed by atoms with Gasteiger partial charge in [0.2, 0.25) is 0 Å². The van der Waals surface area contributed by atoms with Gasteiger partial charge in [0.25, 0.3) is 0 Å². The predicted octanol–water partition coefficient (Wildman–Crippen LogP) is 2.42. The van der Waals surface area contributed by atoms with Gasteiger partial charge in [-0.05, 0) is 34.7 Å². The van der Waals surface area contributed by atoms with Crippen LogP contribution in [0.5, 0.6) is 0 Å². The van der Waals surface area contributed by atoms with E-state index in [2.05, 4.69) is 37.5 Å². The molecule has 2 aromatic heterocycles. The first-order valence-electron chi connectivity index (χ1n) is 4.74. The van der Waals surface area contributed by atoms with Crippen molar-refractivity contribution in [3.63, 3.8) is 0 Å². The van der Waals surface area contributed by atoms with Crippen molar-refractivity contribution in [3.8, 4) is 5.82 Å². The number of para-hydroxylation sites is 2. The summed E-state index contributed by atoms with van der Waals surface area (Å²) in [5.74, 6) is 0.865. The van der Waals surface area contributed by atoms with Gasteiger partial charge in [-0.2, -0.15) is 0 Å². The number of imidazole rings is 1. The second-order valence-corrected chi connectivity index (χ2v) is 4.46. The zero-order valence-corrected chi connectivity index (χ0v) is 10.4. The van der Waals surface area contributed by atoms with E-state index in [0.29, 0.717) is 0 Å². The van der Waals surface area contributed by atoms with Gasteiger partial charge in [-0.1, -0.05) is 12.1 Å². The Hall–Kier alpha value is -1.50. The van der Waals surface area contributed by atoms with Crippen molar-refractivity contribution in [2.75, 3.05) is 0 Å². The van der Waals surface area contributed by atoms with Gasteiger partial charge < -0.3 is 0 Å². The predicted molar refractivity (Wildman–Crippen MR) is 69.4 cm³/mol. The second-order valence-electron chi connectivity index (χ2n) is 3.30. The maximum Gasteiger partial charge on any atom is 0.155 e. The first-order valence-corrected chi connectivity index (χ1v) is 5.82. The Morgan fingerprint density at radius 2 is 2.00 bits per heavy atom. The molecule has 0 amide bonds. The standard InChI is InChI=1S/C11H7IN4/c12-8-5-13-6-14-11(8)16-7-15-9-3-1-2-4-10(9)16/h1-7H. The third-order valence-electron chi connectivity index (χ3n) is 2.33. The number of halogens is 1. The van der Waals surface area contributed by atoms with E-state index in [4.69, 9.17) is 0 Å². The van der Waals surface area contributed by atoms with Crippen molar-refractivity contribution in [1.29, 1.82) is 0 Å². The van der Waals surface area contributed by atoms with Gasteiger partial charge in [0, 0.05) is 6.20 Å². The van der Waals surface area contributed by atoms with Crippen molar-refractivity contribution in [2.24, 2.45) is 0 Å². The molecule has 0 N–H and O–H groups in total. The van der Waals surface area contributed by atoms with Crippen LogP contribution in [0.3, 0.4) is 0 Å². The lowest BCUT2D eigenvalue weighted by Gasteiger charge is -2.04. The summed E-state index contributed by atoms with van der Waals surface area (Å²) in [6.45, 7) is 0. The molecule has 0 spiro atoms. The van der Waals surface area contributed by atoms with E-state index in [-0.39, 0.29) is 0 Å². The van der Waals surface area contributed by atoms with Gasteiger partial charge in [0.15, 0.2) is 5.82 Å². The lowest BCUT2D eigenvalue weighted by Crippen LogP contribution is -1.99. The van der Waals surface area contributed by atoms with Gasteiger partial charge in [-0.15, -0.1) is 0 Å². The van der Waals surface area contributed by atoms with Crippen molar-refractivity contribution in [2.45, 2.75) is 0 Å². The topological polar surface area (TPSA) is 43.6 Å². The monoisotopic (exact) mass is 322 g/mol. The number of rotatable bonds is 1. The molecular weight excluding hydrogens is 315 g/mol. The Morgan fingerprint density at radius 1 is 1.12 bits per heavy atom. The van der Waals surface area contributed by atoms with E-state index in [1.54, 1.807) is 18.9 Å². The van der Waals surface area contributed by atoms with Crippen molar-refractivity contribution in [1.82, 2.24) is 19.5 Å². The van der Waals surface area contributed by atoms with Crippen molar-refractivity contribution >= 4 is 33.6 Å². The number of aromatic nitrogens is 4. The van der Waals surface area contributed by atoms with Crippen LogP contribution in [0.4, 0.5) is 0 Å². The van der Waals surface area contributed by atoms with Crippen LogP contribution in [-0.2, 0) is 0 Å². The van der Waals surface area contributed by atoms with Gasteiger partial charge in [0.05, 0.1) is 14.6 Å². The SMILES string of the molecule is Ic1cncnc1-n1cnc2ccccc21. The zero-order chi connectivity index (χ0) is 11.0. The van der Waals surface area contributed by atoms with E-state index < -0.39 is 0 Å². The van der Waals surface area contributed by atoms with Crippen LogP contribution in [0, 0.1) is 3.57 Å². The molecule has 0 bridgehead atoms. The molecule has 0 saturated heterocycles. The molecule has 0 aliphatic rings. The summed E-state index contributed by atoms with van der Waals surface area (Å²) in [4.78, 5) is 12.6. The van der Waals surface area contributed by atoms with E-state index >= 15 is 0 Å². The Labute approximate surface area is 106 Å². The number of hydrogen-bond acceptors (Lipinski definition) is 3. The normalized spacial score (nSPS) is 10.8. The maximum absolute atomic E-state index is 4.34. The number of benzene rings is 1. The highest BCUT2D eigenvalue weighted by atomic mass is 127. The summed E-state index contributed by atoms with van der Waals surface area (Å²) in [6.07, 6.45) is 5.12. The lowest BCUT2D eigenvalue weighted by molar-refractivity contribution is 0.982. The first-order chi connectivity index (χ1) is 7.86.